The van der Waals surface area contributed by atoms with E-state index in [1.807, 2.05) is 0 Å². The van der Waals surface area contributed by atoms with Crippen molar-refractivity contribution < 1.29 is 24.2 Å². The third-order valence-corrected chi connectivity index (χ3v) is 2.95. The average Bonchev–Trinajstić information content (AvgIpc) is 2.89. The first-order valence-corrected chi connectivity index (χ1v) is 5.94. The van der Waals surface area contributed by atoms with E-state index in [1.54, 1.807) is 24.3 Å². The number of hydrogen-bond donors (Lipinski definition) is 2. The van der Waals surface area contributed by atoms with Gasteiger partial charge in [0.25, 0.3) is 5.91 Å². The zero-order chi connectivity index (χ0) is 13.8. The summed E-state index contributed by atoms with van der Waals surface area (Å²) in [6.45, 7) is 0. The van der Waals surface area contributed by atoms with Gasteiger partial charge in [-0.1, -0.05) is 12.1 Å². The van der Waals surface area contributed by atoms with E-state index in [-0.39, 0.29) is 5.91 Å². The Kier molecular flexibility index (Phi) is 4.01. The lowest BCUT2D eigenvalue weighted by Gasteiger charge is -2.13. The molecular weight excluding hydrogens is 250 g/mol. The molecule has 0 radical (unpaired) electrons. The SMILES string of the molecule is COc1ccccc1NC(=O)[C@@H]1CC[C@H](C(=O)O)O1. The molecule has 6 heteroatoms. The van der Waals surface area contributed by atoms with E-state index in [2.05, 4.69) is 5.32 Å². The van der Waals surface area contributed by atoms with Crippen LogP contribution in [0.5, 0.6) is 5.75 Å². The standard InChI is InChI=1S/C13H15NO5/c1-18-9-5-3-2-4-8(9)14-12(15)10-6-7-11(19-10)13(16)17/h2-5,10-11H,6-7H2,1H3,(H,14,15)(H,16,17)/t10-,11+/m0/s1. The molecule has 0 spiro atoms. The summed E-state index contributed by atoms with van der Waals surface area (Å²) in [5.74, 6) is -0.843. The van der Waals surface area contributed by atoms with Gasteiger partial charge < -0.3 is 19.9 Å². The van der Waals surface area contributed by atoms with Crippen molar-refractivity contribution in [1.82, 2.24) is 0 Å². The Labute approximate surface area is 110 Å². The van der Waals surface area contributed by atoms with Crippen molar-refractivity contribution in [2.45, 2.75) is 25.0 Å². The Bertz CT molecular complexity index is 488. The molecule has 1 aromatic rings. The van der Waals surface area contributed by atoms with Crippen LogP contribution in [0.15, 0.2) is 24.3 Å². The molecule has 1 aliphatic heterocycles. The molecule has 0 aromatic heterocycles. The maximum Gasteiger partial charge on any atom is 0.332 e. The van der Waals surface area contributed by atoms with Gasteiger partial charge in [0.15, 0.2) is 6.10 Å². The van der Waals surface area contributed by atoms with E-state index in [0.717, 1.165) is 0 Å². The fraction of sp³-hybridized carbons (Fsp3) is 0.385. The smallest absolute Gasteiger partial charge is 0.332 e. The molecule has 2 N–H and O–H groups in total. The van der Waals surface area contributed by atoms with Gasteiger partial charge in [-0.2, -0.15) is 0 Å². The number of carboxylic acid groups (broad SMARTS) is 1. The number of benzene rings is 1. The highest BCUT2D eigenvalue weighted by Gasteiger charge is 2.34. The second-order valence-corrected chi connectivity index (χ2v) is 4.22. The minimum absolute atomic E-state index is 0.347. The molecule has 1 saturated heterocycles. The fourth-order valence-electron chi connectivity index (χ4n) is 1.97. The number of carboxylic acids is 1. The van der Waals surface area contributed by atoms with Crippen molar-refractivity contribution in [3.8, 4) is 5.75 Å². The van der Waals surface area contributed by atoms with E-state index in [9.17, 15) is 9.59 Å². The number of methoxy groups -OCH3 is 1. The summed E-state index contributed by atoms with van der Waals surface area (Å²) < 4.78 is 10.3. The lowest BCUT2D eigenvalue weighted by Crippen LogP contribution is -2.30. The summed E-state index contributed by atoms with van der Waals surface area (Å²) in [5.41, 5.74) is 0.539. The Morgan fingerprint density at radius 1 is 1.32 bits per heavy atom. The third kappa shape index (κ3) is 3.03. The second kappa shape index (κ2) is 5.71. The van der Waals surface area contributed by atoms with Crippen LogP contribution in [0.2, 0.25) is 0 Å². The summed E-state index contributed by atoms with van der Waals surface area (Å²) in [6.07, 6.45) is -0.878. The number of amides is 1. The number of anilines is 1. The third-order valence-electron chi connectivity index (χ3n) is 2.95. The lowest BCUT2D eigenvalue weighted by molar-refractivity contribution is -0.150. The van der Waals surface area contributed by atoms with Crippen LogP contribution in [0.3, 0.4) is 0 Å². The van der Waals surface area contributed by atoms with Crippen molar-refractivity contribution in [3.63, 3.8) is 0 Å². The molecule has 1 aliphatic rings. The van der Waals surface area contributed by atoms with Gasteiger partial charge in [-0.3, -0.25) is 4.79 Å². The van der Waals surface area contributed by atoms with Crippen LogP contribution < -0.4 is 10.1 Å². The lowest BCUT2D eigenvalue weighted by atomic mass is 10.2. The highest BCUT2D eigenvalue weighted by molar-refractivity contribution is 5.96. The largest absolute Gasteiger partial charge is 0.495 e. The first-order chi connectivity index (χ1) is 9.11. The Morgan fingerprint density at radius 3 is 2.63 bits per heavy atom. The molecule has 2 atom stereocenters. The predicted octanol–water partition coefficient (Wildman–Crippen LogP) is 1.27. The van der Waals surface area contributed by atoms with Crippen molar-refractivity contribution in [2.75, 3.05) is 12.4 Å². The summed E-state index contributed by atoms with van der Waals surface area (Å²) in [6, 6.07) is 7.00. The van der Waals surface area contributed by atoms with Crippen LogP contribution in [0.25, 0.3) is 0 Å². The summed E-state index contributed by atoms with van der Waals surface area (Å²) in [7, 11) is 1.51. The highest BCUT2D eigenvalue weighted by Crippen LogP contribution is 2.25. The molecule has 102 valence electrons. The maximum absolute atomic E-state index is 12.0. The number of carbonyl (C=O) groups is 2. The number of ether oxygens (including phenoxy) is 2. The molecule has 0 unspecified atom stereocenters. The van der Waals surface area contributed by atoms with Gasteiger partial charge >= 0.3 is 5.97 Å². The van der Waals surface area contributed by atoms with Crippen LogP contribution in [-0.2, 0) is 14.3 Å². The molecule has 2 rings (SSSR count). The Morgan fingerprint density at radius 2 is 2.00 bits per heavy atom. The molecule has 1 heterocycles. The van der Waals surface area contributed by atoms with Crippen LogP contribution in [-0.4, -0.2) is 36.3 Å². The Balaban J connectivity index is 2.00. The van der Waals surface area contributed by atoms with Gasteiger partial charge in [-0.15, -0.1) is 0 Å². The van der Waals surface area contributed by atoms with Gasteiger partial charge in [-0.25, -0.2) is 4.79 Å². The number of hydrogen-bond acceptors (Lipinski definition) is 4. The number of aliphatic carboxylic acids is 1. The molecule has 6 nitrogen and oxygen atoms in total. The van der Waals surface area contributed by atoms with Gasteiger partial charge in [0.2, 0.25) is 0 Å². The first kappa shape index (κ1) is 13.4. The predicted molar refractivity (Wildman–Crippen MR) is 67.2 cm³/mol. The van der Waals surface area contributed by atoms with Crippen molar-refractivity contribution in [3.05, 3.63) is 24.3 Å². The average molecular weight is 265 g/mol. The van der Waals surface area contributed by atoms with Gasteiger partial charge in [0.1, 0.15) is 11.9 Å². The van der Waals surface area contributed by atoms with Crippen LogP contribution >= 0.6 is 0 Å². The first-order valence-electron chi connectivity index (χ1n) is 5.94. The number of rotatable bonds is 4. The fourth-order valence-corrected chi connectivity index (χ4v) is 1.97. The summed E-state index contributed by atoms with van der Waals surface area (Å²) in [4.78, 5) is 22.7. The van der Waals surface area contributed by atoms with Crippen molar-refractivity contribution >= 4 is 17.6 Å². The quantitative estimate of drug-likeness (QED) is 0.856. The molecular formula is C13H15NO5. The second-order valence-electron chi connectivity index (χ2n) is 4.22. The normalized spacial score (nSPS) is 21.9. The van der Waals surface area contributed by atoms with E-state index < -0.39 is 18.2 Å². The molecule has 1 aromatic carbocycles. The van der Waals surface area contributed by atoms with Crippen LogP contribution in [0.4, 0.5) is 5.69 Å². The molecule has 0 bridgehead atoms. The van der Waals surface area contributed by atoms with Gasteiger partial charge in [0.05, 0.1) is 12.8 Å². The number of para-hydroxylation sites is 2. The topological polar surface area (TPSA) is 84.9 Å². The zero-order valence-corrected chi connectivity index (χ0v) is 10.5. The molecule has 0 saturated carbocycles. The number of carbonyl (C=O) groups excluding carboxylic acids is 1. The minimum atomic E-state index is -1.03. The summed E-state index contributed by atoms with van der Waals surface area (Å²) in [5, 5.41) is 11.5. The monoisotopic (exact) mass is 265 g/mol. The molecule has 1 fully saturated rings. The molecule has 19 heavy (non-hydrogen) atoms. The van der Waals surface area contributed by atoms with E-state index in [4.69, 9.17) is 14.6 Å². The van der Waals surface area contributed by atoms with Crippen LogP contribution in [0.1, 0.15) is 12.8 Å². The van der Waals surface area contributed by atoms with Crippen molar-refractivity contribution in [1.29, 1.82) is 0 Å². The van der Waals surface area contributed by atoms with Crippen molar-refractivity contribution in [2.24, 2.45) is 0 Å². The van der Waals surface area contributed by atoms with E-state index in [1.165, 1.54) is 7.11 Å². The molecule has 1 amide bonds. The Hall–Kier alpha value is -2.08. The maximum atomic E-state index is 12.0. The van der Waals surface area contributed by atoms with Gasteiger partial charge in [-0.05, 0) is 25.0 Å². The minimum Gasteiger partial charge on any atom is -0.495 e. The molecule has 0 aliphatic carbocycles. The van der Waals surface area contributed by atoms with E-state index >= 15 is 0 Å². The zero-order valence-electron chi connectivity index (χ0n) is 10.5. The number of nitrogens with one attached hydrogen (secondary N) is 1. The summed E-state index contributed by atoms with van der Waals surface area (Å²) >= 11 is 0. The highest BCUT2D eigenvalue weighted by atomic mass is 16.5. The van der Waals surface area contributed by atoms with E-state index in [0.29, 0.717) is 24.3 Å². The van der Waals surface area contributed by atoms with Gasteiger partial charge in [0, 0.05) is 0 Å². The van der Waals surface area contributed by atoms with Crippen LogP contribution in [0, 0.1) is 0 Å².